The maximum absolute atomic E-state index is 10.8. The quantitative estimate of drug-likeness (QED) is 0.645. The van der Waals surface area contributed by atoms with E-state index >= 15 is 0 Å². The zero-order valence-corrected chi connectivity index (χ0v) is 13.2. The van der Waals surface area contributed by atoms with E-state index in [-0.39, 0.29) is 0 Å². The van der Waals surface area contributed by atoms with Crippen molar-refractivity contribution in [1.29, 1.82) is 0 Å². The Kier molecular flexibility index (Phi) is 3.96. The van der Waals surface area contributed by atoms with Gasteiger partial charge in [0.25, 0.3) is 0 Å². The van der Waals surface area contributed by atoms with Crippen molar-refractivity contribution in [2.45, 2.75) is 24.8 Å². The Hall–Kier alpha value is -2.73. The highest BCUT2D eigenvalue weighted by molar-refractivity contribution is 5.80. The molecule has 6 nitrogen and oxygen atoms in total. The van der Waals surface area contributed by atoms with Crippen LogP contribution in [0.3, 0.4) is 0 Å². The van der Waals surface area contributed by atoms with Crippen molar-refractivity contribution >= 4 is 23.4 Å². The second-order valence-electron chi connectivity index (χ2n) is 6.07. The lowest BCUT2D eigenvalue weighted by atomic mass is 9.86. The molecule has 1 aliphatic heterocycles. The largest absolute Gasteiger partial charge is 0.358 e. The maximum atomic E-state index is 10.8. The summed E-state index contributed by atoms with van der Waals surface area (Å²) in [5, 5.41) is 6.17. The van der Waals surface area contributed by atoms with Gasteiger partial charge in [-0.3, -0.25) is 10.1 Å². The number of nitrogens with zero attached hydrogens (tertiary/aromatic N) is 2. The zero-order valence-electron chi connectivity index (χ0n) is 13.2. The van der Waals surface area contributed by atoms with Crippen molar-refractivity contribution in [1.82, 2.24) is 20.3 Å². The second kappa shape index (κ2) is 6.41. The van der Waals surface area contributed by atoms with Crippen molar-refractivity contribution in [3.63, 3.8) is 0 Å². The van der Waals surface area contributed by atoms with Gasteiger partial charge in [0.05, 0.1) is 16.7 Å². The Morgan fingerprint density at radius 2 is 2.04 bits per heavy atom. The fourth-order valence-corrected chi connectivity index (χ4v) is 3.49. The van der Waals surface area contributed by atoms with Gasteiger partial charge in [-0.25, -0.2) is 9.97 Å². The van der Waals surface area contributed by atoms with Crippen molar-refractivity contribution in [2.75, 3.05) is 11.9 Å². The van der Waals surface area contributed by atoms with Gasteiger partial charge in [0.2, 0.25) is 12.4 Å². The van der Waals surface area contributed by atoms with E-state index in [1.54, 1.807) is 0 Å². The van der Waals surface area contributed by atoms with Crippen LogP contribution < -0.4 is 10.6 Å². The van der Waals surface area contributed by atoms with Crippen LogP contribution in [-0.2, 0) is 4.79 Å². The average molecular weight is 321 g/mol. The molecule has 0 saturated carbocycles. The van der Waals surface area contributed by atoms with E-state index in [2.05, 4.69) is 49.9 Å². The molecular formula is C18H19N5O. The Bertz CT molecular complexity index is 845. The number of amides is 1. The van der Waals surface area contributed by atoms with Gasteiger partial charge in [-0.2, -0.15) is 0 Å². The first-order valence-corrected chi connectivity index (χ1v) is 8.18. The normalized spacial score (nSPS) is 20.8. The molecule has 3 aromatic rings. The number of benzene rings is 1. The molecule has 1 amide bonds. The van der Waals surface area contributed by atoms with Gasteiger partial charge in [-0.1, -0.05) is 30.3 Å². The van der Waals surface area contributed by atoms with Gasteiger partial charge >= 0.3 is 0 Å². The van der Waals surface area contributed by atoms with Crippen LogP contribution in [-0.4, -0.2) is 27.9 Å². The highest BCUT2D eigenvalue weighted by Crippen LogP contribution is 2.36. The number of nitrogens with one attached hydrogen (secondary N) is 3. The molecular weight excluding hydrogens is 302 g/mol. The van der Waals surface area contributed by atoms with Crippen LogP contribution >= 0.6 is 0 Å². The van der Waals surface area contributed by atoms with Crippen LogP contribution in [0.1, 0.15) is 36.1 Å². The van der Waals surface area contributed by atoms with Gasteiger partial charge < -0.3 is 10.3 Å². The number of piperidine rings is 1. The minimum Gasteiger partial charge on any atom is -0.358 e. The van der Waals surface area contributed by atoms with Crippen LogP contribution in [0.15, 0.2) is 42.6 Å². The Morgan fingerprint density at radius 3 is 2.88 bits per heavy atom. The fourth-order valence-electron chi connectivity index (χ4n) is 3.49. The number of fused-ring (bicyclic) bond motifs is 1. The lowest BCUT2D eigenvalue weighted by molar-refractivity contribution is -0.105. The maximum Gasteiger partial charge on any atom is 0.230 e. The van der Waals surface area contributed by atoms with Crippen molar-refractivity contribution in [3.8, 4) is 0 Å². The van der Waals surface area contributed by atoms with Gasteiger partial charge in [0.1, 0.15) is 0 Å². The predicted molar refractivity (Wildman–Crippen MR) is 92.7 cm³/mol. The summed E-state index contributed by atoms with van der Waals surface area (Å²) in [7, 11) is 0. The third kappa shape index (κ3) is 2.76. The summed E-state index contributed by atoms with van der Waals surface area (Å²) < 4.78 is 0. The molecule has 3 N–H and O–H groups in total. The van der Waals surface area contributed by atoms with Crippen molar-refractivity contribution in [2.24, 2.45) is 0 Å². The van der Waals surface area contributed by atoms with Crippen LogP contribution in [0.2, 0.25) is 0 Å². The SMILES string of the molecule is O=CNc1nc(C2CCNC(c3ccccc3)C2)c2[nH]ccc2n1. The van der Waals surface area contributed by atoms with E-state index < -0.39 is 0 Å². The topological polar surface area (TPSA) is 82.7 Å². The van der Waals surface area contributed by atoms with E-state index in [4.69, 9.17) is 0 Å². The molecule has 24 heavy (non-hydrogen) atoms. The molecule has 2 unspecified atom stereocenters. The first kappa shape index (κ1) is 14.8. The molecule has 0 spiro atoms. The van der Waals surface area contributed by atoms with Crippen LogP contribution in [0, 0.1) is 0 Å². The van der Waals surface area contributed by atoms with E-state index in [0.29, 0.717) is 24.3 Å². The molecule has 1 aromatic carbocycles. The third-order valence-electron chi connectivity index (χ3n) is 4.61. The first-order chi connectivity index (χ1) is 11.8. The van der Waals surface area contributed by atoms with Crippen LogP contribution in [0.5, 0.6) is 0 Å². The monoisotopic (exact) mass is 321 g/mol. The van der Waals surface area contributed by atoms with Crippen molar-refractivity contribution in [3.05, 3.63) is 53.9 Å². The third-order valence-corrected chi connectivity index (χ3v) is 4.61. The summed E-state index contributed by atoms with van der Waals surface area (Å²) in [5.41, 5.74) is 4.08. The molecule has 2 aromatic heterocycles. The van der Waals surface area contributed by atoms with E-state index in [0.717, 1.165) is 36.1 Å². The summed E-state index contributed by atoms with van der Waals surface area (Å²) in [6.07, 6.45) is 4.46. The Morgan fingerprint density at radius 1 is 1.17 bits per heavy atom. The molecule has 1 fully saturated rings. The van der Waals surface area contributed by atoms with E-state index in [1.807, 2.05) is 18.3 Å². The van der Waals surface area contributed by atoms with Gasteiger partial charge in [-0.05, 0) is 31.0 Å². The average Bonchev–Trinajstić information content (AvgIpc) is 3.11. The molecule has 122 valence electrons. The Balaban J connectivity index is 1.68. The summed E-state index contributed by atoms with van der Waals surface area (Å²) >= 11 is 0. The Labute approximate surface area is 139 Å². The number of aromatic nitrogens is 3. The minimum atomic E-state index is 0.312. The van der Waals surface area contributed by atoms with Gasteiger partial charge in [0, 0.05) is 18.2 Å². The standard InChI is InChI=1S/C18H19N5O/c24-11-21-18-22-14-7-9-20-17(14)16(23-18)13-6-8-19-15(10-13)12-4-2-1-3-5-12/h1-5,7,9,11,13,15,19-20H,6,8,10H2,(H,21,22,23,24). The number of carbonyl (C=O) groups is 1. The fraction of sp³-hybridized carbons (Fsp3) is 0.278. The molecule has 3 heterocycles. The zero-order chi connectivity index (χ0) is 16.4. The highest BCUT2D eigenvalue weighted by atomic mass is 16.1. The number of hydrogen-bond acceptors (Lipinski definition) is 4. The molecule has 0 radical (unpaired) electrons. The number of carbonyl (C=O) groups excluding carboxylic acids is 1. The summed E-state index contributed by atoms with van der Waals surface area (Å²) in [6, 6.07) is 12.7. The number of rotatable bonds is 4. The van der Waals surface area contributed by atoms with Gasteiger partial charge in [0.15, 0.2) is 0 Å². The second-order valence-corrected chi connectivity index (χ2v) is 6.07. The first-order valence-electron chi connectivity index (χ1n) is 8.18. The molecule has 4 rings (SSSR count). The molecule has 2 atom stereocenters. The smallest absolute Gasteiger partial charge is 0.230 e. The number of hydrogen-bond donors (Lipinski definition) is 3. The van der Waals surface area contributed by atoms with Crippen LogP contribution in [0.25, 0.3) is 11.0 Å². The number of aromatic amines is 1. The molecule has 0 bridgehead atoms. The molecule has 0 aliphatic carbocycles. The minimum absolute atomic E-state index is 0.312. The van der Waals surface area contributed by atoms with Gasteiger partial charge in [-0.15, -0.1) is 0 Å². The molecule has 1 aliphatic rings. The molecule has 1 saturated heterocycles. The van der Waals surface area contributed by atoms with E-state index in [1.165, 1.54) is 5.56 Å². The summed E-state index contributed by atoms with van der Waals surface area (Å²) in [6.45, 7) is 0.937. The molecule has 6 heteroatoms. The van der Waals surface area contributed by atoms with E-state index in [9.17, 15) is 4.79 Å². The number of anilines is 1. The number of H-pyrrole nitrogens is 1. The lowest BCUT2D eigenvalue weighted by Crippen LogP contribution is -2.31. The summed E-state index contributed by atoms with van der Waals surface area (Å²) in [4.78, 5) is 23.0. The highest BCUT2D eigenvalue weighted by Gasteiger charge is 2.27. The lowest BCUT2D eigenvalue weighted by Gasteiger charge is -2.30. The van der Waals surface area contributed by atoms with Crippen LogP contribution in [0.4, 0.5) is 5.95 Å². The summed E-state index contributed by atoms with van der Waals surface area (Å²) in [5.74, 6) is 0.676. The predicted octanol–water partition coefficient (Wildman–Crippen LogP) is 2.73. The van der Waals surface area contributed by atoms with Crippen molar-refractivity contribution < 1.29 is 4.79 Å².